The molecule has 0 N–H and O–H groups in total. The van der Waals surface area contributed by atoms with Crippen molar-refractivity contribution < 1.29 is 13.2 Å². The lowest BCUT2D eigenvalue weighted by Gasteiger charge is -2.43. The summed E-state index contributed by atoms with van der Waals surface area (Å²) < 4.78 is 26.5. The molecule has 0 spiro atoms. The lowest BCUT2D eigenvalue weighted by molar-refractivity contribution is -0.142. The van der Waals surface area contributed by atoms with Gasteiger partial charge in [0.05, 0.1) is 0 Å². The van der Waals surface area contributed by atoms with E-state index in [9.17, 15) is 13.2 Å². The van der Waals surface area contributed by atoms with Gasteiger partial charge in [0.1, 0.15) is 15.6 Å². The third-order valence-corrected chi connectivity index (χ3v) is 5.70. The molecule has 1 saturated heterocycles. The highest BCUT2D eigenvalue weighted by Gasteiger charge is 2.46. The van der Waals surface area contributed by atoms with Gasteiger partial charge in [-0.2, -0.15) is 4.31 Å². The van der Waals surface area contributed by atoms with Crippen LogP contribution in [0.3, 0.4) is 0 Å². The van der Waals surface area contributed by atoms with Gasteiger partial charge in [-0.1, -0.05) is 11.6 Å². The number of hydrogen-bond donors (Lipinski definition) is 0. The van der Waals surface area contributed by atoms with Gasteiger partial charge in [0.2, 0.25) is 15.9 Å². The quantitative estimate of drug-likeness (QED) is 0.762. The SMILES string of the molecule is CN1CCN(S(=O)(=O)c2ccc(Cl)nc2)C(C)(C)C1=O. The predicted octanol–water partition coefficient (Wildman–Crippen LogP) is 0.976. The summed E-state index contributed by atoms with van der Waals surface area (Å²) in [5.41, 5.74) is -1.12. The van der Waals surface area contributed by atoms with Crippen molar-refractivity contribution in [3.63, 3.8) is 0 Å². The number of piperazine rings is 1. The Morgan fingerprint density at radius 1 is 1.30 bits per heavy atom. The minimum atomic E-state index is -3.78. The van der Waals surface area contributed by atoms with Gasteiger partial charge in [-0.15, -0.1) is 0 Å². The zero-order chi connectivity index (χ0) is 15.1. The van der Waals surface area contributed by atoms with E-state index in [-0.39, 0.29) is 22.5 Å². The van der Waals surface area contributed by atoms with E-state index >= 15 is 0 Å². The summed E-state index contributed by atoms with van der Waals surface area (Å²) in [5, 5.41) is 0.220. The molecule has 1 aliphatic rings. The van der Waals surface area contributed by atoms with E-state index in [0.29, 0.717) is 6.54 Å². The van der Waals surface area contributed by atoms with Crippen molar-refractivity contribution in [1.29, 1.82) is 0 Å². The maximum atomic E-state index is 12.6. The maximum absolute atomic E-state index is 12.6. The first-order valence-electron chi connectivity index (χ1n) is 6.07. The number of nitrogens with zero attached hydrogens (tertiary/aromatic N) is 3. The van der Waals surface area contributed by atoms with Gasteiger partial charge in [0, 0.05) is 26.3 Å². The van der Waals surface area contributed by atoms with Crippen LogP contribution in [0.25, 0.3) is 0 Å². The summed E-state index contributed by atoms with van der Waals surface area (Å²) in [4.78, 5) is 17.5. The normalized spacial score (nSPS) is 20.2. The van der Waals surface area contributed by atoms with E-state index in [1.807, 2.05) is 0 Å². The average molecular weight is 318 g/mol. The second-order valence-corrected chi connectivity index (χ2v) is 7.43. The van der Waals surface area contributed by atoms with Crippen molar-refractivity contribution in [2.24, 2.45) is 0 Å². The Balaban J connectivity index is 2.44. The highest BCUT2D eigenvalue weighted by Crippen LogP contribution is 2.28. The molecule has 20 heavy (non-hydrogen) atoms. The maximum Gasteiger partial charge on any atom is 0.245 e. The minimum Gasteiger partial charge on any atom is -0.343 e. The number of halogens is 1. The van der Waals surface area contributed by atoms with Crippen molar-refractivity contribution in [3.05, 3.63) is 23.5 Å². The van der Waals surface area contributed by atoms with Crippen LogP contribution in [0.5, 0.6) is 0 Å². The van der Waals surface area contributed by atoms with Crippen LogP contribution in [-0.4, -0.2) is 54.2 Å². The largest absolute Gasteiger partial charge is 0.343 e. The van der Waals surface area contributed by atoms with Crippen LogP contribution in [0.2, 0.25) is 5.15 Å². The van der Waals surface area contributed by atoms with Gasteiger partial charge < -0.3 is 4.90 Å². The number of sulfonamides is 1. The summed E-state index contributed by atoms with van der Waals surface area (Å²) in [6.45, 7) is 3.82. The number of carbonyl (C=O) groups excluding carboxylic acids is 1. The summed E-state index contributed by atoms with van der Waals surface area (Å²) >= 11 is 5.67. The Morgan fingerprint density at radius 3 is 2.50 bits per heavy atom. The molecule has 0 radical (unpaired) electrons. The highest BCUT2D eigenvalue weighted by atomic mass is 35.5. The Hall–Kier alpha value is -1.18. The first kappa shape index (κ1) is 15.2. The fraction of sp³-hybridized carbons (Fsp3) is 0.500. The van der Waals surface area contributed by atoms with Gasteiger partial charge in [-0.3, -0.25) is 4.79 Å². The third-order valence-electron chi connectivity index (χ3n) is 3.42. The number of amides is 1. The van der Waals surface area contributed by atoms with Crippen LogP contribution >= 0.6 is 11.6 Å². The Kier molecular flexibility index (Phi) is 3.79. The van der Waals surface area contributed by atoms with Gasteiger partial charge >= 0.3 is 0 Å². The lowest BCUT2D eigenvalue weighted by atomic mass is 10.0. The monoisotopic (exact) mass is 317 g/mol. The van der Waals surface area contributed by atoms with Crippen LogP contribution in [0.1, 0.15) is 13.8 Å². The second kappa shape index (κ2) is 4.98. The minimum absolute atomic E-state index is 0.0346. The van der Waals surface area contributed by atoms with Crippen LogP contribution in [0, 0.1) is 0 Å². The molecule has 1 fully saturated rings. The molecule has 1 aromatic rings. The second-order valence-electron chi connectivity index (χ2n) is 5.18. The van der Waals surface area contributed by atoms with Gasteiger partial charge in [-0.05, 0) is 26.0 Å². The van der Waals surface area contributed by atoms with Crippen LogP contribution < -0.4 is 0 Å². The van der Waals surface area contributed by atoms with Gasteiger partial charge in [-0.25, -0.2) is 13.4 Å². The van der Waals surface area contributed by atoms with Crippen LogP contribution in [-0.2, 0) is 14.8 Å². The number of carbonyl (C=O) groups is 1. The number of rotatable bonds is 2. The molecule has 2 heterocycles. The van der Waals surface area contributed by atoms with Crippen LogP contribution in [0.4, 0.5) is 0 Å². The summed E-state index contributed by atoms with van der Waals surface area (Å²) in [6.07, 6.45) is 1.20. The number of hydrogen-bond acceptors (Lipinski definition) is 4. The first-order chi connectivity index (χ1) is 9.17. The molecule has 110 valence electrons. The van der Waals surface area contributed by atoms with E-state index in [2.05, 4.69) is 4.98 Å². The molecule has 0 aromatic carbocycles. The fourth-order valence-corrected chi connectivity index (χ4v) is 4.05. The molecule has 0 unspecified atom stereocenters. The molecule has 1 aromatic heterocycles. The van der Waals surface area contributed by atoms with Crippen molar-refractivity contribution in [2.75, 3.05) is 20.1 Å². The predicted molar refractivity (Wildman–Crippen MR) is 74.9 cm³/mol. The summed E-state index contributed by atoms with van der Waals surface area (Å²) in [7, 11) is -2.11. The van der Waals surface area contributed by atoms with Gasteiger partial charge in [0.25, 0.3) is 0 Å². The van der Waals surface area contributed by atoms with Crippen molar-refractivity contribution in [1.82, 2.24) is 14.2 Å². The molecule has 0 atom stereocenters. The molecule has 8 heteroatoms. The van der Waals surface area contributed by atoms with Crippen molar-refractivity contribution in [2.45, 2.75) is 24.3 Å². The lowest BCUT2D eigenvalue weighted by Crippen LogP contribution is -2.63. The van der Waals surface area contributed by atoms with E-state index in [1.165, 1.54) is 27.5 Å². The highest BCUT2D eigenvalue weighted by molar-refractivity contribution is 7.89. The third kappa shape index (κ3) is 2.41. The molecule has 0 saturated carbocycles. The van der Waals surface area contributed by atoms with E-state index in [4.69, 9.17) is 11.6 Å². The standard InChI is InChI=1S/C12H16ClN3O3S/c1-12(2)11(17)15(3)6-7-16(12)20(18,19)9-4-5-10(13)14-8-9/h4-5,8H,6-7H2,1-3H3. The first-order valence-corrected chi connectivity index (χ1v) is 7.89. The zero-order valence-corrected chi connectivity index (χ0v) is 13.1. The van der Waals surface area contributed by atoms with Gasteiger partial charge in [0.15, 0.2) is 0 Å². The topological polar surface area (TPSA) is 70.6 Å². The Labute approximate surface area is 123 Å². The Morgan fingerprint density at radius 2 is 1.95 bits per heavy atom. The Bertz CT molecular complexity index is 628. The van der Waals surface area contributed by atoms with E-state index in [0.717, 1.165) is 0 Å². The van der Waals surface area contributed by atoms with E-state index < -0.39 is 15.6 Å². The number of pyridine rings is 1. The fourth-order valence-electron chi connectivity index (χ4n) is 2.26. The van der Waals surface area contributed by atoms with Crippen LogP contribution in [0.15, 0.2) is 23.2 Å². The molecular formula is C12H16ClN3O3S. The molecule has 1 amide bonds. The zero-order valence-electron chi connectivity index (χ0n) is 11.5. The summed E-state index contributed by atoms with van der Waals surface area (Å²) in [6, 6.07) is 2.81. The van der Waals surface area contributed by atoms with E-state index in [1.54, 1.807) is 20.9 Å². The molecular weight excluding hydrogens is 302 g/mol. The van der Waals surface area contributed by atoms with Crippen molar-refractivity contribution in [3.8, 4) is 0 Å². The molecule has 1 aliphatic heterocycles. The molecule has 2 rings (SSSR count). The molecule has 0 aliphatic carbocycles. The number of likely N-dealkylation sites (N-methyl/N-ethyl adjacent to an activating group) is 1. The molecule has 0 bridgehead atoms. The average Bonchev–Trinajstić information content (AvgIpc) is 2.36. The van der Waals surface area contributed by atoms with Crippen molar-refractivity contribution >= 4 is 27.5 Å². The smallest absolute Gasteiger partial charge is 0.245 e. The number of aromatic nitrogens is 1. The summed E-state index contributed by atoms with van der Waals surface area (Å²) in [5.74, 6) is -0.228. The molecule has 6 nitrogen and oxygen atoms in total.